The highest BCUT2D eigenvalue weighted by Crippen LogP contribution is 2.45. The van der Waals surface area contributed by atoms with Crippen LogP contribution in [0.3, 0.4) is 0 Å². The number of hydrogen-bond acceptors (Lipinski definition) is 2. The molecule has 0 aromatic rings. The number of Topliss-reactive ketones (excluding diaryl/α,β-unsaturated/α-hetero) is 1. The van der Waals surface area contributed by atoms with Gasteiger partial charge >= 0.3 is 5.97 Å². The van der Waals surface area contributed by atoms with Crippen LogP contribution < -0.4 is 0 Å². The molecule has 0 aromatic heterocycles. The number of carboxylic acid groups (broad SMARTS) is 1. The van der Waals surface area contributed by atoms with Crippen LogP contribution in [0.5, 0.6) is 0 Å². The number of rotatable bonds is 6. The normalized spacial score (nSPS) is 19.6. The van der Waals surface area contributed by atoms with Crippen LogP contribution in [0, 0.1) is 11.3 Å². The molecule has 0 radical (unpaired) electrons. The highest BCUT2D eigenvalue weighted by molar-refractivity contribution is 5.84. The third-order valence-corrected chi connectivity index (χ3v) is 4.18. The Morgan fingerprint density at radius 2 is 1.71 bits per heavy atom. The van der Waals surface area contributed by atoms with Crippen molar-refractivity contribution in [3.05, 3.63) is 0 Å². The van der Waals surface area contributed by atoms with Crippen molar-refractivity contribution in [3.63, 3.8) is 0 Å². The van der Waals surface area contributed by atoms with E-state index in [2.05, 4.69) is 13.8 Å². The van der Waals surface area contributed by atoms with Gasteiger partial charge < -0.3 is 5.11 Å². The quantitative estimate of drug-likeness (QED) is 0.774. The van der Waals surface area contributed by atoms with Gasteiger partial charge in [-0.25, -0.2) is 0 Å². The average Bonchev–Trinajstić information content (AvgIpc) is 2.30. The summed E-state index contributed by atoms with van der Waals surface area (Å²) in [5.74, 6) is -0.214. The third kappa shape index (κ3) is 3.08. The predicted octanol–water partition coefficient (Wildman–Crippen LogP) is 3.42. The fourth-order valence-electron chi connectivity index (χ4n) is 3.17. The van der Waals surface area contributed by atoms with Crippen molar-refractivity contribution >= 4 is 11.8 Å². The maximum Gasteiger partial charge on any atom is 0.309 e. The number of hydrogen-bond donors (Lipinski definition) is 1. The summed E-state index contributed by atoms with van der Waals surface area (Å²) in [6.07, 6.45) is 5.98. The zero-order valence-electron chi connectivity index (χ0n) is 11.0. The van der Waals surface area contributed by atoms with Crippen LogP contribution in [0.25, 0.3) is 0 Å². The average molecular weight is 240 g/mol. The van der Waals surface area contributed by atoms with E-state index in [1.807, 2.05) is 0 Å². The first-order chi connectivity index (χ1) is 8.06. The van der Waals surface area contributed by atoms with Crippen LogP contribution in [0.1, 0.15) is 65.2 Å². The second-order valence-electron chi connectivity index (χ2n) is 5.27. The Morgan fingerprint density at radius 3 is 2.06 bits per heavy atom. The highest BCUT2D eigenvalue weighted by atomic mass is 16.4. The molecule has 0 aliphatic heterocycles. The Hall–Kier alpha value is -0.860. The Kier molecular flexibility index (Phi) is 5.16. The molecule has 0 spiro atoms. The zero-order chi connectivity index (χ0) is 12.9. The molecule has 0 atom stereocenters. The van der Waals surface area contributed by atoms with E-state index in [1.165, 1.54) is 0 Å². The lowest BCUT2D eigenvalue weighted by Gasteiger charge is -2.39. The molecule has 0 amide bonds. The van der Waals surface area contributed by atoms with Gasteiger partial charge in [-0.15, -0.1) is 0 Å². The summed E-state index contributed by atoms with van der Waals surface area (Å²) in [6, 6.07) is 0. The van der Waals surface area contributed by atoms with Crippen LogP contribution in [0.15, 0.2) is 0 Å². The van der Waals surface area contributed by atoms with Gasteiger partial charge in [0.05, 0.1) is 5.41 Å². The van der Waals surface area contributed by atoms with Crippen molar-refractivity contribution in [2.45, 2.75) is 65.2 Å². The summed E-state index contributed by atoms with van der Waals surface area (Å²) in [6.45, 7) is 4.21. The van der Waals surface area contributed by atoms with E-state index >= 15 is 0 Å². The summed E-state index contributed by atoms with van der Waals surface area (Å²) < 4.78 is 0. The van der Waals surface area contributed by atoms with Gasteiger partial charge in [0.2, 0.25) is 0 Å². The van der Waals surface area contributed by atoms with Crippen LogP contribution in [0.4, 0.5) is 0 Å². The Balaban J connectivity index is 2.88. The minimum absolute atomic E-state index is 0.230. The fourth-order valence-corrected chi connectivity index (χ4v) is 3.17. The molecule has 0 bridgehead atoms. The van der Waals surface area contributed by atoms with Gasteiger partial charge in [-0.2, -0.15) is 0 Å². The van der Waals surface area contributed by atoms with E-state index in [4.69, 9.17) is 0 Å². The molecule has 1 rings (SSSR count). The molecule has 1 aliphatic rings. The molecule has 3 heteroatoms. The first kappa shape index (κ1) is 14.2. The first-order valence-electron chi connectivity index (χ1n) is 6.82. The van der Waals surface area contributed by atoms with Crippen molar-refractivity contribution < 1.29 is 14.7 Å². The van der Waals surface area contributed by atoms with Crippen molar-refractivity contribution in [2.75, 3.05) is 0 Å². The molecule has 3 nitrogen and oxygen atoms in total. The minimum atomic E-state index is -0.683. The molecule has 0 saturated heterocycles. The molecule has 1 fully saturated rings. The van der Waals surface area contributed by atoms with E-state index < -0.39 is 11.4 Å². The van der Waals surface area contributed by atoms with Gasteiger partial charge in [-0.05, 0) is 31.6 Å². The minimum Gasteiger partial charge on any atom is -0.481 e. The van der Waals surface area contributed by atoms with Gasteiger partial charge in [0.1, 0.15) is 5.78 Å². The van der Waals surface area contributed by atoms with Crippen LogP contribution in [-0.4, -0.2) is 16.9 Å². The molecule has 17 heavy (non-hydrogen) atoms. The van der Waals surface area contributed by atoms with Crippen LogP contribution >= 0.6 is 0 Å². The Morgan fingerprint density at radius 1 is 1.24 bits per heavy atom. The summed E-state index contributed by atoms with van der Waals surface area (Å²) in [7, 11) is 0. The summed E-state index contributed by atoms with van der Waals surface area (Å²) in [5, 5.41) is 9.59. The topological polar surface area (TPSA) is 54.4 Å². The molecule has 0 aromatic carbocycles. The zero-order valence-corrected chi connectivity index (χ0v) is 11.0. The van der Waals surface area contributed by atoms with Gasteiger partial charge in [0.25, 0.3) is 0 Å². The summed E-state index contributed by atoms with van der Waals surface area (Å²) >= 11 is 0. The maximum atomic E-state index is 11.7. The molecule has 1 aliphatic carbocycles. The van der Waals surface area contributed by atoms with Crippen molar-refractivity contribution in [2.24, 2.45) is 11.3 Å². The van der Waals surface area contributed by atoms with Gasteiger partial charge in [0.15, 0.2) is 0 Å². The van der Waals surface area contributed by atoms with E-state index in [0.29, 0.717) is 25.7 Å². The maximum absolute atomic E-state index is 11.7. The molecule has 0 heterocycles. The largest absolute Gasteiger partial charge is 0.481 e. The molecular formula is C14H24O3. The second-order valence-corrected chi connectivity index (χ2v) is 5.27. The molecule has 98 valence electrons. The van der Waals surface area contributed by atoms with Crippen molar-refractivity contribution in [3.8, 4) is 0 Å². The molecule has 0 unspecified atom stereocenters. The van der Waals surface area contributed by atoms with Crippen molar-refractivity contribution in [1.82, 2.24) is 0 Å². The van der Waals surface area contributed by atoms with E-state index in [9.17, 15) is 14.7 Å². The standard InChI is InChI=1S/C14H24O3/c1-3-5-11(6-4-2)14(13(16)17)9-7-12(15)8-10-14/h11H,3-10H2,1-2H3,(H,16,17). The SMILES string of the molecule is CCCC(CCC)C1(C(=O)O)CCC(=O)CC1. The summed E-state index contributed by atoms with van der Waals surface area (Å²) in [4.78, 5) is 23.0. The third-order valence-electron chi connectivity index (χ3n) is 4.18. The van der Waals surface area contributed by atoms with Gasteiger partial charge in [-0.1, -0.05) is 26.7 Å². The van der Waals surface area contributed by atoms with E-state index in [0.717, 1.165) is 25.7 Å². The van der Waals surface area contributed by atoms with Gasteiger partial charge in [-0.3, -0.25) is 9.59 Å². The second kappa shape index (κ2) is 6.18. The predicted molar refractivity (Wildman–Crippen MR) is 66.8 cm³/mol. The number of carboxylic acids is 1. The Labute approximate surface area is 104 Å². The van der Waals surface area contributed by atoms with E-state index in [1.54, 1.807) is 0 Å². The lowest BCUT2D eigenvalue weighted by atomic mass is 9.63. The molecular weight excluding hydrogens is 216 g/mol. The lowest BCUT2D eigenvalue weighted by molar-refractivity contribution is -0.157. The number of ketones is 1. The van der Waals surface area contributed by atoms with E-state index in [-0.39, 0.29) is 11.7 Å². The number of carbonyl (C=O) groups is 2. The number of aliphatic carboxylic acids is 1. The molecule has 1 saturated carbocycles. The highest BCUT2D eigenvalue weighted by Gasteiger charge is 2.46. The lowest BCUT2D eigenvalue weighted by Crippen LogP contribution is -2.42. The molecule has 1 N–H and O–H groups in total. The summed E-state index contributed by atoms with van der Waals surface area (Å²) in [5.41, 5.74) is -0.625. The fraction of sp³-hybridized carbons (Fsp3) is 0.857. The van der Waals surface area contributed by atoms with Crippen LogP contribution in [0.2, 0.25) is 0 Å². The first-order valence-corrected chi connectivity index (χ1v) is 6.82. The monoisotopic (exact) mass is 240 g/mol. The Bertz CT molecular complexity index is 267. The van der Waals surface area contributed by atoms with Gasteiger partial charge in [0, 0.05) is 12.8 Å². The van der Waals surface area contributed by atoms with Crippen LogP contribution in [-0.2, 0) is 9.59 Å². The van der Waals surface area contributed by atoms with Crippen molar-refractivity contribution in [1.29, 1.82) is 0 Å². The number of carbonyl (C=O) groups excluding carboxylic acids is 1. The smallest absolute Gasteiger partial charge is 0.309 e.